The second-order valence-corrected chi connectivity index (χ2v) is 8.99. The van der Waals surface area contributed by atoms with Crippen molar-refractivity contribution in [2.75, 3.05) is 18.0 Å². The number of piperidine rings is 1. The first-order valence-electron chi connectivity index (χ1n) is 11.3. The Hall–Kier alpha value is -3.38. The average Bonchev–Trinajstić information content (AvgIpc) is 3.28. The van der Waals surface area contributed by atoms with Crippen molar-refractivity contribution >= 4 is 28.8 Å². The Bertz CT molecular complexity index is 1280. The smallest absolute Gasteiger partial charge is 0.225 e. The second-order valence-electron chi connectivity index (χ2n) is 8.58. The lowest BCUT2D eigenvalue weighted by molar-refractivity contribution is -0.125. The molecule has 1 amide bonds. The molecule has 0 bridgehead atoms. The second kappa shape index (κ2) is 9.24. The topological polar surface area (TPSA) is 62.5 Å². The third-order valence-corrected chi connectivity index (χ3v) is 6.53. The molecule has 0 radical (unpaired) electrons. The van der Waals surface area contributed by atoms with Crippen molar-refractivity contribution in [2.24, 2.45) is 5.92 Å². The van der Waals surface area contributed by atoms with Gasteiger partial charge in [-0.3, -0.25) is 4.79 Å². The Kier molecular flexibility index (Phi) is 6.01. The number of carbonyl (C=O) groups excluding carboxylic acids is 1. The molecular weight excluding hydrogens is 434 g/mol. The van der Waals surface area contributed by atoms with Gasteiger partial charge in [0.25, 0.3) is 0 Å². The molecule has 4 aromatic rings. The fourth-order valence-electron chi connectivity index (χ4n) is 4.38. The van der Waals surface area contributed by atoms with Crippen LogP contribution in [-0.4, -0.2) is 33.6 Å². The molecule has 0 aliphatic carbocycles. The molecule has 1 fully saturated rings. The van der Waals surface area contributed by atoms with Crippen LogP contribution in [0, 0.1) is 12.8 Å². The maximum absolute atomic E-state index is 12.9. The zero-order valence-corrected chi connectivity index (χ0v) is 19.3. The molecule has 3 heterocycles. The van der Waals surface area contributed by atoms with Crippen LogP contribution in [0.15, 0.2) is 67.0 Å². The maximum atomic E-state index is 12.9. The molecule has 6 nitrogen and oxygen atoms in total. The molecule has 1 atom stereocenters. The summed E-state index contributed by atoms with van der Waals surface area (Å²) in [7, 11) is 0. The normalized spacial score (nSPS) is 16.2. The number of nitrogens with zero attached hydrogens (tertiary/aromatic N) is 4. The summed E-state index contributed by atoms with van der Waals surface area (Å²) >= 11 is 6.39. The molecule has 0 spiro atoms. The lowest BCUT2D eigenvalue weighted by atomic mass is 9.97. The molecule has 1 saturated heterocycles. The van der Waals surface area contributed by atoms with Crippen molar-refractivity contribution in [1.82, 2.24) is 19.9 Å². The van der Waals surface area contributed by atoms with Crippen LogP contribution in [-0.2, 0) is 11.3 Å². The number of aryl methyl sites for hydroxylation is 1. The van der Waals surface area contributed by atoms with Crippen LogP contribution < -0.4 is 10.2 Å². The summed E-state index contributed by atoms with van der Waals surface area (Å²) < 4.78 is 1.84. The van der Waals surface area contributed by atoms with Gasteiger partial charge in [-0.15, -0.1) is 0 Å². The van der Waals surface area contributed by atoms with Gasteiger partial charge in [0.1, 0.15) is 5.52 Å². The van der Waals surface area contributed by atoms with Crippen molar-refractivity contribution < 1.29 is 4.79 Å². The molecule has 1 aliphatic rings. The number of anilines is 1. The summed E-state index contributed by atoms with van der Waals surface area (Å²) in [6, 6.07) is 18.0. The molecule has 168 valence electrons. The van der Waals surface area contributed by atoms with E-state index < -0.39 is 0 Å². The maximum Gasteiger partial charge on any atom is 0.225 e. The van der Waals surface area contributed by atoms with Crippen molar-refractivity contribution in [3.8, 4) is 11.3 Å². The van der Waals surface area contributed by atoms with E-state index in [1.807, 2.05) is 41.0 Å². The highest BCUT2D eigenvalue weighted by molar-refractivity contribution is 6.33. The lowest BCUT2D eigenvalue weighted by Gasteiger charge is -2.33. The molecule has 7 heteroatoms. The summed E-state index contributed by atoms with van der Waals surface area (Å²) in [5, 5.41) is 8.49. The summed E-state index contributed by atoms with van der Waals surface area (Å²) in [6.07, 6.45) is 5.42. The summed E-state index contributed by atoms with van der Waals surface area (Å²) in [5.41, 5.74) is 4.93. The van der Waals surface area contributed by atoms with Crippen LogP contribution in [0.4, 0.5) is 5.82 Å². The van der Waals surface area contributed by atoms with E-state index in [-0.39, 0.29) is 11.8 Å². The third-order valence-electron chi connectivity index (χ3n) is 6.20. The fourth-order valence-corrected chi connectivity index (χ4v) is 4.61. The fraction of sp³-hybridized carbons (Fsp3) is 0.269. The van der Waals surface area contributed by atoms with Gasteiger partial charge in [-0.1, -0.05) is 59.6 Å². The molecule has 5 rings (SSSR count). The first-order chi connectivity index (χ1) is 16.1. The van der Waals surface area contributed by atoms with Gasteiger partial charge >= 0.3 is 0 Å². The number of hydrogen-bond acceptors (Lipinski definition) is 4. The van der Waals surface area contributed by atoms with Crippen LogP contribution in [0.1, 0.15) is 24.0 Å². The molecule has 0 saturated carbocycles. The van der Waals surface area contributed by atoms with Crippen LogP contribution >= 0.6 is 11.6 Å². The number of nitrogens with one attached hydrogen (secondary N) is 1. The number of benzene rings is 2. The Labute approximate surface area is 198 Å². The van der Waals surface area contributed by atoms with E-state index in [0.717, 1.165) is 47.5 Å². The highest BCUT2D eigenvalue weighted by atomic mass is 35.5. The summed E-state index contributed by atoms with van der Waals surface area (Å²) in [6.45, 7) is 4.11. The highest BCUT2D eigenvalue weighted by Gasteiger charge is 2.27. The lowest BCUT2D eigenvalue weighted by Crippen LogP contribution is -2.43. The van der Waals surface area contributed by atoms with Gasteiger partial charge in [0.05, 0.1) is 16.6 Å². The molecule has 2 aromatic heterocycles. The predicted octanol–water partition coefficient (Wildman–Crippen LogP) is 4.89. The summed E-state index contributed by atoms with van der Waals surface area (Å²) in [5.74, 6) is 0.869. The quantitative estimate of drug-likeness (QED) is 0.461. The predicted molar refractivity (Wildman–Crippen MR) is 131 cm³/mol. The Morgan fingerprint density at radius 1 is 1.18 bits per heavy atom. The number of fused-ring (bicyclic) bond motifs is 1. The Morgan fingerprint density at radius 3 is 2.82 bits per heavy atom. The van der Waals surface area contributed by atoms with Crippen LogP contribution in [0.5, 0.6) is 0 Å². The molecular formula is C26H26ClN5O. The van der Waals surface area contributed by atoms with E-state index in [1.54, 1.807) is 6.20 Å². The average molecular weight is 460 g/mol. The van der Waals surface area contributed by atoms with Gasteiger partial charge < -0.3 is 10.2 Å². The number of amides is 1. The van der Waals surface area contributed by atoms with E-state index >= 15 is 0 Å². The van der Waals surface area contributed by atoms with Gasteiger partial charge in [0, 0.05) is 37.6 Å². The molecule has 1 N–H and O–H groups in total. The number of hydrogen-bond donors (Lipinski definition) is 1. The van der Waals surface area contributed by atoms with Gasteiger partial charge in [0.2, 0.25) is 5.91 Å². The third kappa shape index (κ3) is 4.57. The molecule has 33 heavy (non-hydrogen) atoms. The monoisotopic (exact) mass is 459 g/mol. The number of halogens is 1. The minimum absolute atomic E-state index is 0.0720. The van der Waals surface area contributed by atoms with E-state index in [1.165, 1.54) is 5.56 Å². The van der Waals surface area contributed by atoms with E-state index in [0.29, 0.717) is 18.1 Å². The Balaban J connectivity index is 1.33. The van der Waals surface area contributed by atoms with Crippen LogP contribution in [0.3, 0.4) is 0 Å². The minimum Gasteiger partial charge on any atom is -0.354 e. The van der Waals surface area contributed by atoms with Gasteiger partial charge in [-0.05, 0) is 37.5 Å². The van der Waals surface area contributed by atoms with Crippen LogP contribution in [0.2, 0.25) is 5.02 Å². The van der Waals surface area contributed by atoms with E-state index in [2.05, 4.69) is 46.4 Å². The SMILES string of the molecule is Cc1ccc(CNC(=O)[C@@H]2CCCN(c3nccn4nc(-c5ccccc5Cl)cc34)C2)cc1. The zero-order valence-electron chi connectivity index (χ0n) is 18.5. The number of rotatable bonds is 5. The number of aromatic nitrogens is 3. The van der Waals surface area contributed by atoms with Gasteiger partial charge in [-0.2, -0.15) is 5.10 Å². The standard InChI is InChI=1S/C26H26ClN5O/c1-18-8-10-19(11-9-18)16-29-26(33)20-5-4-13-31(17-20)25-24-15-23(30-32(24)14-12-28-25)21-6-2-3-7-22(21)27/h2-3,6-12,14-15,20H,4-5,13,16-17H2,1H3,(H,29,33)/t20-/m1/s1. The molecule has 2 aromatic carbocycles. The van der Waals surface area contributed by atoms with Crippen molar-refractivity contribution in [2.45, 2.75) is 26.3 Å². The largest absolute Gasteiger partial charge is 0.354 e. The first kappa shape index (κ1) is 21.5. The van der Waals surface area contributed by atoms with E-state index in [9.17, 15) is 4.79 Å². The van der Waals surface area contributed by atoms with Crippen LogP contribution in [0.25, 0.3) is 16.8 Å². The molecule has 1 aliphatic heterocycles. The number of carbonyl (C=O) groups is 1. The summed E-state index contributed by atoms with van der Waals surface area (Å²) in [4.78, 5) is 19.8. The molecule has 0 unspecified atom stereocenters. The van der Waals surface area contributed by atoms with Crippen molar-refractivity contribution in [3.63, 3.8) is 0 Å². The highest BCUT2D eigenvalue weighted by Crippen LogP contribution is 2.31. The zero-order chi connectivity index (χ0) is 22.8. The van der Waals surface area contributed by atoms with Gasteiger partial charge in [-0.25, -0.2) is 9.50 Å². The minimum atomic E-state index is -0.0720. The van der Waals surface area contributed by atoms with Crippen molar-refractivity contribution in [3.05, 3.63) is 83.1 Å². The van der Waals surface area contributed by atoms with Crippen molar-refractivity contribution in [1.29, 1.82) is 0 Å². The van der Waals surface area contributed by atoms with E-state index in [4.69, 9.17) is 16.7 Å². The Morgan fingerprint density at radius 2 is 2.00 bits per heavy atom. The van der Waals surface area contributed by atoms with Gasteiger partial charge in [0.15, 0.2) is 5.82 Å². The first-order valence-corrected chi connectivity index (χ1v) is 11.6.